The molecule has 3 nitrogen and oxygen atoms in total. The number of hydrogen-bond acceptors (Lipinski definition) is 2. The van der Waals surface area contributed by atoms with Gasteiger partial charge in [-0.1, -0.05) is 29.8 Å². The van der Waals surface area contributed by atoms with Gasteiger partial charge in [0.15, 0.2) is 0 Å². The van der Waals surface area contributed by atoms with Gasteiger partial charge < -0.3 is 0 Å². The zero-order chi connectivity index (χ0) is 15.7. The van der Waals surface area contributed by atoms with E-state index in [2.05, 4.69) is 27.6 Å². The fourth-order valence-corrected chi connectivity index (χ4v) is 2.87. The highest BCUT2D eigenvalue weighted by Crippen LogP contribution is 2.18. The zero-order valence-electron chi connectivity index (χ0n) is 11.8. The van der Waals surface area contributed by atoms with Crippen molar-refractivity contribution in [2.24, 2.45) is 7.05 Å². The van der Waals surface area contributed by atoms with Gasteiger partial charge in [0.2, 0.25) is 0 Å². The molecule has 1 aromatic heterocycles. The molecule has 3 rings (SSSR count). The van der Waals surface area contributed by atoms with Crippen LogP contribution in [-0.4, -0.2) is 9.55 Å². The molecule has 22 heavy (non-hydrogen) atoms. The van der Waals surface area contributed by atoms with Crippen LogP contribution in [0.2, 0.25) is 5.02 Å². The molecule has 1 heterocycles. The minimum absolute atomic E-state index is 0.0534. The quantitative estimate of drug-likeness (QED) is 0.575. The molecular weight excluding hydrogens is 411 g/mol. The lowest BCUT2D eigenvalue weighted by Gasteiger charge is -2.06. The van der Waals surface area contributed by atoms with Gasteiger partial charge in [-0.2, -0.15) is 0 Å². The molecule has 3 aromatic rings. The van der Waals surface area contributed by atoms with Gasteiger partial charge in [0, 0.05) is 15.6 Å². The Bertz CT molecular complexity index is 947. The van der Waals surface area contributed by atoms with Gasteiger partial charge in [0.05, 0.1) is 10.9 Å². The standard InChI is InChI=1S/C17H12ClIN2O/c1-21-16(9-6-11-4-2-3-5-14(11)18)20-15-8-7-12(19)10-13(15)17(21)22/h2-10H,1H3. The lowest BCUT2D eigenvalue weighted by Crippen LogP contribution is -2.20. The monoisotopic (exact) mass is 422 g/mol. The molecule has 5 heteroatoms. The van der Waals surface area contributed by atoms with Crippen LogP contribution < -0.4 is 5.56 Å². The van der Waals surface area contributed by atoms with Crippen molar-refractivity contribution in [1.29, 1.82) is 0 Å². The molecule has 0 radical (unpaired) electrons. The fraction of sp³-hybridized carbons (Fsp3) is 0.0588. The predicted molar refractivity (Wildman–Crippen MR) is 100 cm³/mol. The summed E-state index contributed by atoms with van der Waals surface area (Å²) in [4.78, 5) is 17.0. The van der Waals surface area contributed by atoms with Crippen LogP contribution in [0.5, 0.6) is 0 Å². The number of rotatable bonds is 2. The van der Waals surface area contributed by atoms with Crippen molar-refractivity contribution >= 4 is 57.2 Å². The third-order valence-electron chi connectivity index (χ3n) is 3.39. The van der Waals surface area contributed by atoms with E-state index in [0.717, 1.165) is 9.13 Å². The van der Waals surface area contributed by atoms with Gasteiger partial charge in [-0.05, 0) is 64.6 Å². The fourth-order valence-electron chi connectivity index (χ4n) is 2.18. The number of fused-ring (bicyclic) bond motifs is 1. The Morgan fingerprint density at radius 2 is 1.95 bits per heavy atom. The van der Waals surface area contributed by atoms with Crippen molar-refractivity contribution in [3.05, 3.63) is 72.8 Å². The van der Waals surface area contributed by atoms with E-state index in [4.69, 9.17) is 11.6 Å². The van der Waals surface area contributed by atoms with Gasteiger partial charge in [-0.25, -0.2) is 4.98 Å². The summed E-state index contributed by atoms with van der Waals surface area (Å²) in [7, 11) is 1.72. The minimum atomic E-state index is -0.0534. The summed E-state index contributed by atoms with van der Waals surface area (Å²) >= 11 is 8.32. The average molecular weight is 423 g/mol. The summed E-state index contributed by atoms with van der Waals surface area (Å²) in [5.74, 6) is 0.596. The van der Waals surface area contributed by atoms with Gasteiger partial charge in [0.1, 0.15) is 5.82 Å². The summed E-state index contributed by atoms with van der Waals surface area (Å²) < 4.78 is 2.56. The lowest BCUT2D eigenvalue weighted by atomic mass is 10.2. The molecule has 0 unspecified atom stereocenters. The Morgan fingerprint density at radius 3 is 2.73 bits per heavy atom. The molecule has 0 aliphatic heterocycles. The molecule has 110 valence electrons. The summed E-state index contributed by atoms with van der Waals surface area (Å²) in [6.45, 7) is 0. The second-order valence-electron chi connectivity index (χ2n) is 4.85. The lowest BCUT2D eigenvalue weighted by molar-refractivity contribution is 0.828. The largest absolute Gasteiger partial charge is 0.296 e. The molecule has 0 amide bonds. The van der Waals surface area contributed by atoms with E-state index in [1.54, 1.807) is 17.7 Å². The summed E-state index contributed by atoms with van der Waals surface area (Å²) in [6.07, 6.45) is 3.67. The normalized spacial score (nSPS) is 11.4. The van der Waals surface area contributed by atoms with E-state index in [9.17, 15) is 4.79 Å². The van der Waals surface area contributed by atoms with Gasteiger partial charge in [-0.15, -0.1) is 0 Å². The number of hydrogen-bond donors (Lipinski definition) is 0. The van der Waals surface area contributed by atoms with Crippen LogP contribution in [0.25, 0.3) is 23.1 Å². The van der Waals surface area contributed by atoms with Crippen LogP contribution in [0.4, 0.5) is 0 Å². The highest BCUT2D eigenvalue weighted by molar-refractivity contribution is 14.1. The third-order valence-corrected chi connectivity index (χ3v) is 4.40. The highest BCUT2D eigenvalue weighted by Gasteiger charge is 2.06. The maximum absolute atomic E-state index is 12.4. The Hall–Kier alpha value is -1.66. The van der Waals surface area contributed by atoms with Crippen LogP contribution >= 0.6 is 34.2 Å². The van der Waals surface area contributed by atoms with Crippen LogP contribution in [0.1, 0.15) is 11.4 Å². The molecule has 0 aliphatic carbocycles. The van der Waals surface area contributed by atoms with E-state index in [0.29, 0.717) is 21.7 Å². The topological polar surface area (TPSA) is 34.9 Å². The van der Waals surface area contributed by atoms with Crippen molar-refractivity contribution in [2.75, 3.05) is 0 Å². The molecule has 0 aliphatic rings. The maximum atomic E-state index is 12.4. The average Bonchev–Trinajstić information content (AvgIpc) is 2.51. The van der Waals surface area contributed by atoms with Crippen molar-refractivity contribution in [1.82, 2.24) is 9.55 Å². The van der Waals surface area contributed by atoms with Crippen molar-refractivity contribution in [2.45, 2.75) is 0 Å². The van der Waals surface area contributed by atoms with E-state index < -0.39 is 0 Å². The van der Waals surface area contributed by atoms with Gasteiger partial charge in [-0.3, -0.25) is 9.36 Å². The van der Waals surface area contributed by atoms with E-state index >= 15 is 0 Å². The molecule has 0 saturated carbocycles. The highest BCUT2D eigenvalue weighted by atomic mass is 127. The molecule has 0 fully saturated rings. The van der Waals surface area contributed by atoms with E-state index in [1.165, 1.54) is 0 Å². The first-order chi connectivity index (χ1) is 10.6. The van der Waals surface area contributed by atoms with Crippen LogP contribution in [0.15, 0.2) is 47.3 Å². The molecule has 0 saturated heterocycles. The molecule has 0 atom stereocenters. The van der Waals surface area contributed by atoms with Crippen LogP contribution in [0, 0.1) is 3.57 Å². The summed E-state index contributed by atoms with van der Waals surface area (Å²) in [5.41, 5.74) is 1.53. The first kappa shape index (κ1) is 15.2. The van der Waals surface area contributed by atoms with Gasteiger partial charge >= 0.3 is 0 Å². The van der Waals surface area contributed by atoms with Gasteiger partial charge in [0.25, 0.3) is 5.56 Å². The minimum Gasteiger partial charge on any atom is -0.296 e. The number of aromatic nitrogens is 2. The molecule has 2 aromatic carbocycles. The number of halogens is 2. The van der Waals surface area contributed by atoms with E-state index in [1.807, 2.05) is 48.5 Å². The number of benzene rings is 2. The Balaban J connectivity index is 2.12. The summed E-state index contributed by atoms with van der Waals surface area (Å²) in [5, 5.41) is 1.29. The second kappa shape index (κ2) is 6.22. The molecule has 0 bridgehead atoms. The smallest absolute Gasteiger partial charge is 0.261 e. The van der Waals surface area contributed by atoms with Crippen LogP contribution in [0.3, 0.4) is 0 Å². The second-order valence-corrected chi connectivity index (χ2v) is 6.50. The van der Waals surface area contributed by atoms with Crippen molar-refractivity contribution in [3.8, 4) is 0 Å². The van der Waals surface area contributed by atoms with Crippen molar-refractivity contribution < 1.29 is 0 Å². The Morgan fingerprint density at radius 1 is 1.18 bits per heavy atom. The Kier molecular flexibility index (Phi) is 4.31. The maximum Gasteiger partial charge on any atom is 0.261 e. The zero-order valence-corrected chi connectivity index (χ0v) is 14.7. The third kappa shape index (κ3) is 2.94. The summed E-state index contributed by atoms with van der Waals surface area (Å²) in [6, 6.07) is 13.2. The first-order valence-corrected chi connectivity index (χ1v) is 8.11. The molecule has 0 N–H and O–H groups in total. The van der Waals surface area contributed by atoms with Crippen LogP contribution in [-0.2, 0) is 7.05 Å². The predicted octanol–water partition coefficient (Wildman–Crippen LogP) is 4.36. The Labute approximate surface area is 146 Å². The SMILES string of the molecule is Cn1c(C=Cc2ccccc2Cl)nc2ccc(I)cc2c1=O. The molecular formula is C17H12ClIN2O. The molecule has 0 spiro atoms. The number of nitrogens with zero attached hydrogens (tertiary/aromatic N) is 2. The van der Waals surface area contributed by atoms with E-state index in [-0.39, 0.29) is 5.56 Å². The first-order valence-electron chi connectivity index (χ1n) is 6.65. The van der Waals surface area contributed by atoms with Crippen molar-refractivity contribution in [3.63, 3.8) is 0 Å².